The minimum absolute atomic E-state index is 0.0175. The number of aromatic nitrogens is 2. The zero-order valence-corrected chi connectivity index (χ0v) is 17.0. The van der Waals surface area contributed by atoms with E-state index in [-0.39, 0.29) is 12.4 Å². The molecule has 0 atom stereocenters. The molecule has 0 saturated carbocycles. The number of carbonyl (C=O) groups is 1. The van der Waals surface area contributed by atoms with E-state index in [0.717, 1.165) is 0 Å². The second kappa shape index (κ2) is 9.47. The molecule has 0 aliphatic carbocycles. The maximum atomic E-state index is 12.7. The van der Waals surface area contributed by atoms with Crippen molar-refractivity contribution in [3.63, 3.8) is 0 Å². The number of halogens is 3. The van der Waals surface area contributed by atoms with E-state index < -0.39 is 12.1 Å². The zero-order valence-electron chi connectivity index (χ0n) is 17.0. The molecule has 1 heterocycles. The number of hydrogen-bond donors (Lipinski definition) is 0. The summed E-state index contributed by atoms with van der Waals surface area (Å²) in [6, 6.07) is 24.6. The van der Waals surface area contributed by atoms with E-state index in [4.69, 9.17) is 9.47 Å². The van der Waals surface area contributed by atoms with Crippen LogP contribution in [0.2, 0.25) is 0 Å². The average Bonchev–Trinajstić information content (AvgIpc) is 3.21. The molecule has 0 radical (unpaired) electrons. The summed E-state index contributed by atoms with van der Waals surface area (Å²) in [5, 5.41) is 0. The first-order valence-electron chi connectivity index (χ1n) is 9.77. The predicted molar refractivity (Wildman–Crippen MR) is 113 cm³/mol. The van der Waals surface area contributed by atoms with Gasteiger partial charge < -0.3 is 14.3 Å². The van der Waals surface area contributed by atoms with Gasteiger partial charge in [0.15, 0.2) is 5.82 Å². The third-order valence-electron chi connectivity index (χ3n) is 4.40. The largest absolute Gasteiger partial charge is 0.493 e. The first-order valence-corrected chi connectivity index (χ1v) is 9.77. The number of benzene rings is 3. The zero-order chi connectivity index (χ0) is 23.3. The first-order chi connectivity index (χ1) is 15.9. The molecule has 0 N–H and O–H groups in total. The van der Waals surface area contributed by atoms with Gasteiger partial charge in [0.25, 0.3) is 0 Å². The van der Waals surface area contributed by atoms with Crippen LogP contribution >= 0.6 is 0 Å². The molecule has 0 saturated heterocycles. The van der Waals surface area contributed by atoms with Crippen molar-refractivity contribution < 1.29 is 32.3 Å². The van der Waals surface area contributed by atoms with E-state index in [1.807, 2.05) is 30.3 Å². The fraction of sp³-hybridized carbons (Fsp3) is 0.0833. The average molecular weight is 454 g/mol. The van der Waals surface area contributed by atoms with Crippen molar-refractivity contribution in [2.75, 3.05) is 0 Å². The van der Waals surface area contributed by atoms with Crippen molar-refractivity contribution in [2.45, 2.75) is 12.8 Å². The van der Waals surface area contributed by atoms with Gasteiger partial charge in [-0.3, -0.25) is 0 Å². The quantitative estimate of drug-likeness (QED) is 0.372. The maximum absolute atomic E-state index is 12.7. The van der Waals surface area contributed by atoms with Crippen molar-refractivity contribution in [3.05, 3.63) is 97.0 Å². The van der Waals surface area contributed by atoms with Crippen molar-refractivity contribution in [3.8, 4) is 28.5 Å². The van der Waals surface area contributed by atoms with Gasteiger partial charge in [-0.15, -0.1) is 0 Å². The highest BCUT2D eigenvalue weighted by Crippen LogP contribution is 2.26. The highest BCUT2D eigenvalue weighted by Gasteiger charge is 2.42. The lowest BCUT2D eigenvalue weighted by Crippen LogP contribution is -2.34. The Bertz CT molecular complexity index is 1210. The molecule has 4 aromatic rings. The Balaban J connectivity index is 1.56. The Kier molecular flexibility index (Phi) is 6.30. The summed E-state index contributed by atoms with van der Waals surface area (Å²) in [4.78, 5) is 20.2. The summed E-state index contributed by atoms with van der Waals surface area (Å²) in [5.74, 6) is -0.664. The fourth-order valence-electron chi connectivity index (χ4n) is 2.84. The number of rotatable bonds is 7. The van der Waals surface area contributed by atoms with Crippen LogP contribution < -0.4 is 14.3 Å². The first kappa shape index (κ1) is 21.9. The molecule has 9 heteroatoms. The Hall–Kier alpha value is -4.27. The van der Waals surface area contributed by atoms with Gasteiger partial charge in [0.1, 0.15) is 23.9 Å². The number of imidazole rings is 1. The van der Waals surface area contributed by atoms with Gasteiger partial charge in [0, 0.05) is 5.56 Å². The molecule has 0 aliphatic heterocycles. The summed E-state index contributed by atoms with van der Waals surface area (Å²) in [5.41, 5.74) is 0.876. The lowest BCUT2D eigenvalue weighted by atomic mass is 10.1. The molecule has 33 heavy (non-hydrogen) atoms. The summed E-state index contributed by atoms with van der Waals surface area (Å²) in [7, 11) is 0. The van der Waals surface area contributed by atoms with E-state index in [1.165, 1.54) is 6.20 Å². The molecule has 6 nitrogen and oxygen atoms in total. The minimum Gasteiger partial charge on any atom is -0.486 e. The highest BCUT2D eigenvalue weighted by molar-refractivity contribution is 5.76. The van der Waals surface area contributed by atoms with Crippen LogP contribution in [-0.4, -0.2) is 21.9 Å². The van der Waals surface area contributed by atoms with E-state index in [0.29, 0.717) is 33.2 Å². The van der Waals surface area contributed by atoms with Crippen molar-refractivity contribution >= 4 is 5.97 Å². The third kappa shape index (κ3) is 5.70. The van der Waals surface area contributed by atoms with Crippen LogP contribution in [0.4, 0.5) is 13.2 Å². The summed E-state index contributed by atoms with van der Waals surface area (Å²) in [6.07, 6.45) is -3.96. The van der Waals surface area contributed by atoms with Crippen molar-refractivity contribution in [1.82, 2.24) is 9.71 Å². The van der Waals surface area contributed by atoms with Crippen LogP contribution in [0.5, 0.6) is 17.2 Å². The molecule has 3 aromatic carbocycles. The molecule has 0 amide bonds. The van der Waals surface area contributed by atoms with Gasteiger partial charge in [0.2, 0.25) is 0 Å². The Labute approximate surface area is 186 Å². The van der Waals surface area contributed by atoms with E-state index in [9.17, 15) is 18.0 Å². The summed E-state index contributed by atoms with van der Waals surface area (Å²) >= 11 is 0. The maximum Gasteiger partial charge on any atom is 0.493 e. The molecular weight excluding hydrogens is 437 g/mol. The molecule has 0 fully saturated rings. The van der Waals surface area contributed by atoms with Crippen LogP contribution in [-0.2, 0) is 11.4 Å². The smallest absolute Gasteiger partial charge is 0.486 e. The normalized spacial score (nSPS) is 11.1. The third-order valence-corrected chi connectivity index (χ3v) is 4.40. The second-order valence-corrected chi connectivity index (χ2v) is 6.79. The summed E-state index contributed by atoms with van der Waals surface area (Å²) in [6.45, 7) is -0.218. The minimum atomic E-state index is -5.15. The van der Waals surface area contributed by atoms with E-state index in [2.05, 4.69) is 9.82 Å². The number of para-hydroxylation sites is 2. The SMILES string of the molecule is O=C(On1cc(-c2ccc(Oc3ccccc3)cc2)nc1COc1ccccc1)C(F)(F)F. The van der Waals surface area contributed by atoms with Gasteiger partial charge >= 0.3 is 12.1 Å². The van der Waals surface area contributed by atoms with Crippen molar-refractivity contribution in [2.24, 2.45) is 0 Å². The number of ether oxygens (including phenoxy) is 2. The molecule has 0 aliphatic rings. The number of alkyl halides is 3. The molecule has 0 unspecified atom stereocenters. The molecule has 0 bridgehead atoms. The Morgan fingerprint density at radius 3 is 2.00 bits per heavy atom. The molecular formula is C24H17F3N2O4. The monoisotopic (exact) mass is 454 g/mol. The van der Waals surface area contributed by atoms with E-state index in [1.54, 1.807) is 54.6 Å². The van der Waals surface area contributed by atoms with Crippen LogP contribution in [0.25, 0.3) is 11.3 Å². The topological polar surface area (TPSA) is 62.6 Å². The van der Waals surface area contributed by atoms with Crippen LogP contribution in [0.1, 0.15) is 5.82 Å². The molecule has 168 valence electrons. The van der Waals surface area contributed by atoms with E-state index >= 15 is 0 Å². The standard InChI is InChI=1S/C24H17F3N2O4/c25-24(26,27)23(30)33-29-15-21(28-22(29)16-31-18-7-3-1-4-8-18)17-11-13-20(14-12-17)32-19-9-5-2-6-10-19/h1-15H,16H2. The summed E-state index contributed by atoms with van der Waals surface area (Å²) < 4.78 is 50.1. The van der Waals surface area contributed by atoms with Gasteiger partial charge in [-0.2, -0.15) is 17.9 Å². The van der Waals surface area contributed by atoms with Crippen LogP contribution in [0, 0.1) is 0 Å². The fourth-order valence-corrected chi connectivity index (χ4v) is 2.84. The molecule has 4 rings (SSSR count). The van der Waals surface area contributed by atoms with Gasteiger partial charge in [0.05, 0.1) is 11.9 Å². The van der Waals surface area contributed by atoms with Gasteiger partial charge in [-0.05, 0) is 48.5 Å². The number of carbonyl (C=O) groups excluding carboxylic acids is 1. The van der Waals surface area contributed by atoms with Gasteiger partial charge in [-0.1, -0.05) is 36.4 Å². The van der Waals surface area contributed by atoms with Crippen LogP contribution in [0.15, 0.2) is 91.1 Å². The number of hydrogen-bond acceptors (Lipinski definition) is 5. The second-order valence-electron chi connectivity index (χ2n) is 6.79. The predicted octanol–water partition coefficient (Wildman–Crippen LogP) is 5.44. The van der Waals surface area contributed by atoms with Crippen molar-refractivity contribution in [1.29, 1.82) is 0 Å². The molecule has 1 aromatic heterocycles. The van der Waals surface area contributed by atoms with Gasteiger partial charge in [-0.25, -0.2) is 9.78 Å². The molecule has 0 spiro atoms. The lowest BCUT2D eigenvalue weighted by molar-refractivity contribution is -0.200. The highest BCUT2D eigenvalue weighted by atomic mass is 19.4. The Morgan fingerprint density at radius 2 is 1.39 bits per heavy atom. The van der Waals surface area contributed by atoms with Crippen LogP contribution in [0.3, 0.4) is 0 Å². The number of nitrogens with zero attached hydrogens (tertiary/aromatic N) is 2. The lowest BCUT2D eigenvalue weighted by Gasteiger charge is -2.10. The Morgan fingerprint density at radius 1 is 0.818 bits per heavy atom.